The van der Waals surface area contributed by atoms with E-state index in [-0.39, 0.29) is 57.1 Å². The van der Waals surface area contributed by atoms with Crippen molar-refractivity contribution in [3.05, 3.63) is 48.1 Å². The summed E-state index contributed by atoms with van der Waals surface area (Å²) < 4.78 is 0. The Hall–Kier alpha value is -2.40. The molecule has 5 saturated carbocycles. The highest BCUT2D eigenvalue weighted by Gasteiger charge is 2.74. The molecular weight excluding hydrogens is 548 g/mol. The number of aliphatic hydroxyl groups is 1. The molecule has 44 heavy (non-hydrogen) atoms. The molecule has 5 aliphatic carbocycles. The van der Waals surface area contributed by atoms with Crippen LogP contribution in [0.5, 0.6) is 5.75 Å². The molecule has 0 spiro atoms. The van der Waals surface area contributed by atoms with Crippen molar-refractivity contribution < 1.29 is 24.9 Å². The Bertz CT molecular complexity index is 1380. The Kier molecular flexibility index (Phi) is 7.40. The van der Waals surface area contributed by atoms with E-state index in [4.69, 9.17) is 0 Å². The topological polar surface area (TPSA) is 94.8 Å². The van der Waals surface area contributed by atoms with Crippen molar-refractivity contribution in [1.29, 1.82) is 0 Å². The van der Waals surface area contributed by atoms with Gasteiger partial charge in [-0.15, -0.1) is 0 Å². The van der Waals surface area contributed by atoms with Crippen LogP contribution in [0.25, 0.3) is 6.08 Å². The second kappa shape index (κ2) is 10.3. The number of rotatable bonds is 5. The fourth-order valence-corrected chi connectivity index (χ4v) is 12.9. The van der Waals surface area contributed by atoms with E-state index in [0.717, 1.165) is 56.1 Å². The van der Waals surface area contributed by atoms with Gasteiger partial charge in [0.05, 0.1) is 11.5 Å². The summed E-state index contributed by atoms with van der Waals surface area (Å²) in [6.07, 6.45) is 11.1. The maximum absolute atomic E-state index is 14.4. The zero-order valence-electron chi connectivity index (χ0n) is 27.7. The molecule has 5 fully saturated rings. The van der Waals surface area contributed by atoms with Crippen LogP contribution in [0, 0.1) is 62.6 Å². The first-order valence-electron chi connectivity index (χ1n) is 17.1. The lowest BCUT2D eigenvalue weighted by atomic mass is 9.31. The average Bonchev–Trinajstić information content (AvgIpc) is 3.37. The zero-order valence-corrected chi connectivity index (χ0v) is 27.7. The van der Waals surface area contributed by atoms with Crippen LogP contribution in [-0.4, -0.2) is 33.2 Å². The van der Waals surface area contributed by atoms with E-state index in [9.17, 15) is 24.9 Å². The van der Waals surface area contributed by atoms with Gasteiger partial charge in [-0.3, -0.25) is 9.59 Å². The van der Waals surface area contributed by atoms with Crippen molar-refractivity contribution >= 4 is 17.8 Å². The van der Waals surface area contributed by atoms with Gasteiger partial charge in [0.1, 0.15) is 5.75 Å². The standard InChI is InChI=1S/C39H54O5/c1-23(2)26-16-21-39(34(43)44)28(29(41)14-10-24-8-11-25(40)12-9-24)22-38(7)27(33(26)39)13-15-31-36(5)19-18-32(42)35(3,4)30(36)17-20-37(31,38)6/h8-12,14,26-28,30-33,40,42H,1,13,15-22H2,2-7H3,(H,43,44)/t26-,27+,28+,30-,31+,32-,33+,36-,37+,38+,39-/m0/s1. The highest BCUT2D eigenvalue weighted by Crippen LogP contribution is 2.78. The van der Waals surface area contributed by atoms with E-state index in [1.165, 1.54) is 0 Å². The van der Waals surface area contributed by atoms with E-state index in [2.05, 4.69) is 48.1 Å². The number of hydrogen-bond acceptors (Lipinski definition) is 4. The van der Waals surface area contributed by atoms with Crippen LogP contribution in [0.1, 0.15) is 105 Å². The highest BCUT2D eigenvalue weighted by molar-refractivity contribution is 5.99. The molecule has 0 saturated heterocycles. The van der Waals surface area contributed by atoms with Crippen molar-refractivity contribution in [3.63, 3.8) is 0 Å². The van der Waals surface area contributed by atoms with E-state index in [1.807, 2.05) is 0 Å². The lowest BCUT2D eigenvalue weighted by Crippen LogP contribution is -2.68. The van der Waals surface area contributed by atoms with Crippen LogP contribution in [0.4, 0.5) is 0 Å². The third-order valence-corrected chi connectivity index (χ3v) is 15.2. The molecule has 11 atom stereocenters. The maximum Gasteiger partial charge on any atom is 0.310 e. The Morgan fingerprint density at radius 1 is 0.886 bits per heavy atom. The molecule has 0 unspecified atom stereocenters. The molecule has 1 aromatic rings. The predicted molar refractivity (Wildman–Crippen MR) is 174 cm³/mol. The number of benzene rings is 1. The van der Waals surface area contributed by atoms with Crippen LogP contribution in [-0.2, 0) is 9.59 Å². The molecule has 6 rings (SSSR count). The molecule has 1 aromatic carbocycles. The quantitative estimate of drug-likeness (QED) is 0.233. The van der Waals surface area contributed by atoms with Gasteiger partial charge in [0, 0.05) is 5.92 Å². The van der Waals surface area contributed by atoms with E-state index in [1.54, 1.807) is 36.4 Å². The molecular formula is C39H54O5. The summed E-state index contributed by atoms with van der Waals surface area (Å²) in [5.41, 5.74) is 0.508. The lowest BCUT2D eigenvalue weighted by molar-refractivity contribution is -0.255. The fourth-order valence-electron chi connectivity index (χ4n) is 12.9. The highest BCUT2D eigenvalue weighted by atomic mass is 16.4. The summed E-state index contributed by atoms with van der Waals surface area (Å²) in [7, 11) is 0. The second-order valence-electron chi connectivity index (χ2n) is 17.0. The first-order valence-corrected chi connectivity index (χ1v) is 17.1. The molecule has 5 nitrogen and oxygen atoms in total. The van der Waals surface area contributed by atoms with Gasteiger partial charge in [0.2, 0.25) is 0 Å². The Labute approximate surface area is 264 Å². The summed E-state index contributed by atoms with van der Waals surface area (Å²) >= 11 is 0. The van der Waals surface area contributed by atoms with Crippen molar-refractivity contribution in [3.8, 4) is 5.75 Å². The van der Waals surface area contributed by atoms with Gasteiger partial charge < -0.3 is 15.3 Å². The van der Waals surface area contributed by atoms with Crippen LogP contribution in [0.2, 0.25) is 0 Å². The van der Waals surface area contributed by atoms with Crippen LogP contribution in [0.15, 0.2) is 42.5 Å². The first kappa shape index (κ1) is 31.6. The predicted octanol–water partition coefficient (Wildman–Crippen LogP) is 8.30. The number of carbonyl (C=O) groups excluding carboxylic acids is 1. The molecule has 0 radical (unpaired) electrons. The average molecular weight is 603 g/mol. The Morgan fingerprint density at radius 3 is 2.20 bits per heavy atom. The first-order chi connectivity index (χ1) is 20.5. The van der Waals surface area contributed by atoms with E-state index in [0.29, 0.717) is 24.7 Å². The summed E-state index contributed by atoms with van der Waals surface area (Å²) in [5, 5.41) is 31.9. The molecule has 0 amide bonds. The molecule has 0 aromatic heterocycles. The minimum Gasteiger partial charge on any atom is -0.508 e. The van der Waals surface area contributed by atoms with Crippen molar-refractivity contribution in [1.82, 2.24) is 0 Å². The van der Waals surface area contributed by atoms with Crippen LogP contribution in [0.3, 0.4) is 0 Å². The van der Waals surface area contributed by atoms with Gasteiger partial charge in [-0.05, 0) is 140 Å². The number of aromatic hydroxyl groups is 1. The van der Waals surface area contributed by atoms with Gasteiger partial charge in [-0.2, -0.15) is 0 Å². The molecule has 0 heterocycles. The number of phenols is 1. The third-order valence-electron chi connectivity index (χ3n) is 15.2. The number of carboxylic acid groups (broad SMARTS) is 1. The largest absolute Gasteiger partial charge is 0.508 e. The van der Waals surface area contributed by atoms with E-state index >= 15 is 0 Å². The number of aliphatic hydroxyl groups excluding tert-OH is 1. The van der Waals surface area contributed by atoms with Gasteiger partial charge in [0.15, 0.2) is 5.78 Å². The fraction of sp³-hybridized carbons (Fsp3) is 0.692. The van der Waals surface area contributed by atoms with Crippen molar-refractivity contribution in [2.24, 2.45) is 62.6 Å². The number of ketones is 1. The molecule has 5 aliphatic rings. The molecule has 0 bridgehead atoms. The SMILES string of the molecule is C=C(C)[C@@H]1CC[C@@]2(C(=O)O)[C@H]1[C@H]1CC[C@@H]3[C@@]4(C)CC[C@H](O)C(C)(C)[C@@H]4CC[C@@]3(C)[C@]1(C)C[C@@H]2C(=O)C=Cc1ccc(O)cc1. The number of carboxylic acids is 1. The minimum atomic E-state index is -1.09. The summed E-state index contributed by atoms with van der Waals surface area (Å²) in [6.45, 7) is 18.4. The van der Waals surface area contributed by atoms with Crippen LogP contribution >= 0.6 is 0 Å². The summed E-state index contributed by atoms with van der Waals surface area (Å²) in [5.74, 6) is -0.209. The molecule has 5 heteroatoms. The van der Waals surface area contributed by atoms with Crippen molar-refractivity contribution in [2.75, 3.05) is 0 Å². The number of aliphatic carboxylic acids is 1. The zero-order chi connectivity index (χ0) is 32.0. The van der Waals surface area contributed by atoms with Gasteiger partial charge in [0.25, 0.3) is 0 Å². The maximum atomic E-state index is 14.4. The Balaban J connectivity index is 1.45. The van der Waals surface area contributed by atoms with Gasteiger partial charge >= 0.3 is 5.97 Å². The second-order valence-corrected chi connectivity index (χ2v) is 17.0. The van der Waals surface area contributed by atoms with Crippen molar-refractivity contribution in [2.45, 2.75) is 105 Å². The smallest absolute Gasteiger partial charge is 0.310 e. The molecule has 3 N–H and O–H groups in total. The van der Waals surface area contributed by atoms with Crippen LogP contribution < -0.4 is 0 Å². The van der Waals surface area contributed by atoms with E-state index < -0.39 is 17.3 Å². The lowest BCUT2D eigenvalue weighted by Gasteiger charge is -2.73. The third kappa shape index (κ3) is 4.12. The number of fused-ring (bicyclic) bond motifs is 7. The van der Waals surface area contributed by atoms with Gasteiger partial charge in [-0.25, -0.2) is 0 Å². The minimum absolute atomic E-state index is 0.0361. The monoisotopic (exact) mass is 602 g/mol. The number of carbonyl (C=O) groups is 2. The molecule has 240 valence electrons. The molecule has 0 aliphatic heterocycles. The van der Waals surface area contributed by atoms with Gasteiger partial charge in [-0.1, -0.05) is 65.0 Å². The summed E-state index contributed by atoms with van der Waals surface area (Å²) in [6, 6.07) is 6.75. The number of hydrogen-bond donors (Lipinski definition) is 3. The number of allylic oxidation sites excluding steroid dienone is 2. The normalized spacial score (nSPS) is 45.9. The number of phenolic OH excluding ortho intramolecular Hbond substituents is 1. The summed E-state index contributed by atoms with van der Waals surface area (Å²) in [4.78, 5) is 28.0. The Morgan fingerprint density at radius 2 is 1.57 bits per heavy atom.